The van der Waals surface area contributed by atoms with Gasteiger partial charge in [-0.25, -0.2) is 9.78 Å². The number of hydrogen-bond donors (Lipinski definition) is 0. The van der Waals surface area contributed by atoms with Crippen molar-refractivity contribution in [3.8, 4) is 5.75 Å². The zero-order valence-corrected chi connectivity index (χ0v) is 15.0. The Labute approximate surface area is 153 Å². The third-order valence-electron chi connectivity index (χ3n) is 4.04. The normalized spacial score (nSPS) is 14.4. The van der Waals surface area contributed by atoms with Crippen molar-refractivity contribution in [3.05, 3.63) is 53.1 Å². The molecule has 1 saturated heterocycles. The number of aromatic nitrogens is 1. The van der Waals surface area contributed by atoms with Crippen LogP contribution in [-0.4, -0.2) is 37.3 Å². The van der Waals surface area contributed by atoms with E-state index < -0.39 is 0 Å². The number of carbonyl (C=O) groups is 1. The lowest BCUT2D eigenvalue weighted by molar-refractivity contribution is 0.0234. The average Bonchev–Trinajstić information content (AvgIpc) is 3.00. The maximum atomic E-state index is 12.1. The predicted molar refractivity (Wildman–Crippen MR) is 99.0 cm³/mol. The lowest BCUT2D eigenvalue weighted by atomic mass is 10.2. The molecule has 4 rings (SSSR count). The molecule has 128 valence electrons. The molecule has 0 aliphatic carbocycles. The molecule has 0 amide bonds. The number of fused-ring (bicyclic) bond motifs is 1. The first-order valence-electron chi connectivity index (χ1n) is 7.79. The topological polar surface area (TPSA) is 51.7 Å². The number of thiazole rings is 1. The number of ether oxygens (including phenoxy) is 2. The van der Waals surface area contributed by atoms with Gasteiger partial charge in [-0.3, -0.25) is 0 Å². The van der Waals surface area contributed by atoms with Crippen LogP contribution in [0.5, 0.6) is 5.75 Å². The Bertz CT molecular complexity index is 937. The summed E-state index contributed by atoms with van der Waals surface area (Å²) in [5, 5.41) is 1.43. The summed E-state index contributed by atoms with van der Waals surface area (Å²) in [5.74, 6) is 0.419. The third-order valence-corrected chi connectivity index (χ3v) is 5.36. The molecule has 2 heterocycles. The summed E-state index contributed by atoms with van der Waals surface area (Å²) in [6.07, 6.45) is -0.139. The van der Waals surface area contributed by atoms with Crippen LogP contribution >= 0.6 is 22.9 Å². The number of nitrogens with zero attached hydrogens (tertiary/aromatic N) is 2. The van der Waals surface area contributed by atoms with Gasteiger partial charge in [0.15, 0.2) is 5.13 Å². The Hall–Kier alpha value is -2.31. The summed E-state index contributed by atoms with van der Waals surface area (Å²) < 4.78 is 11.9. The van der Waals surface area contributed by atoms with Crippen LogP contribution in [0.4, 0.5) is 5.13 Å². The Morgan fingerprint density at radius 1 is 1.28 bits per heavy atom. The van der Waals surface area contributed by atoms with Crippen LogP contribution in [0.1, 0.15) is 10.4 Å². The maximum Gasteiger partial charge on any atom is 0.338 e. The number of carbonyl (C=O) groups excluding carboxylic acids is 1. The number of anilines is 1. The fourth-order valence-corrected chi connectivity index (χ4v) is 3.91. The van der Waals surface area contributed by atoms with Gasteiger partial charge in [0.25, 0.3) is 0 Å². The zero-order chi connectivity index (χ0) is 17.4. The quantitative estimate of drug-likeness (QED) is 0.646. The number of esters is 1. The van der Waals surface area contributed by atoms with Crippen molar-refractivity contribution >= 4 is 44.3 Å². The van der Waals surface area contributed by atoms with Crippen LogP contribution in [0.2, 0.25) is 5.02 Å². The minimum Gasteiger partial charge on any atom is -0.494 e. The standard InChI is InChI=1S/C18H15ClN2O3S/c1-23-14-6-3-7-15-16(14)20-18(25-15)21-9-13(10-21)24-17(22)11-4-2-5-12(19)8-11/h2-8,13H,9-10H2,1H3. The number of hydrogen-bond acceptors (Lipinski definition) is 6. The predicted octanol–water partition coefficient (Wildman–Crippen LogP) is 4.00. The Balaban J connectivity index is 1.41. The molecule has 3 aromatic rings. The van der Waals surface area contributed by atoms with Crippen LogP contribution in [0.3, 0.4) is 0 Å². The molecule has 0 spiro atoms. The van der Waals surface area contributed by atoms with Gasteiger partial charge in [0.1, 0.15) is 17.4 Å². The van der Waals surface area contributed by atoms with E-state index in [0.717, 1.165) is 21.1 Å². The number of benzene rings is 2. The Morgan fingerprint density at radius 2 is 2.08 bits per heavy atom. The SMILES string of the molecule is COc1cccc2sc(N3CC(OC(=O)c4cccc(Cl)c4)C3)nc12. The Morgan fingerprint density at radius 3 is 2.84 bits per heavy atom. The molecule has 0 saturated carbocycles. The molecular weight excluding hydrogens is 360 g/mol. The van der Waals surface area contributed by atoms with Crippen LogP contribution < -0.4 is 9.64 Å². The van der Waals surface area contributed by atoms with Crippen molar-refractivity contribution in [2.24, 2.45) is 0 Å². The highest BCUT2D eigenvalue weighted by molar-refractivity contribution is 7.22. The second-order valence-electron chi connectivity index (χ2n) is 5.75. The molecule has 25 heavy (non-hydrogen) atoms. The minimum absolute atomic E-state index is 0.139. The van der Waals surface area contributed by atoms with Crippen molar-refractivity contribution < 1.29 is 14.3 Å². The fraction of sp³-hybridized carbons (Fsp3) is 0.222. The van der Waals surface area contributed by atoms with E-state index in [2.05, 4.69) is 9.88 Å². The van der Waals surface area contributed by atoms with Gasteiger partial charge in [0.05, 0.1) is 30.5 Å². The molecule has 7 heteroatoms. The van der Waals surface area contributed by atoms with Gasteiger partial charge in [0.2, 0.25) is 0 Å². The first-order valence-corrected chi connectivity index (χ1v) is 8.98. The van der Waals surface area contributed by atoms with E-state index in [4.69, 9.17) is 21.1 Å². The van der Waals surface area contributed by atoms with Gasteiger partial charge >= 0.3 is 5.97 Å². The summed E-state index contributed by atoms with van der Waals surface area (Å²) in [5.41, 5.74) is 1.33. The number of methoxy groups -OCH3 is 1. The molecule has 1 aromatic heterocycles. The van der Waals surface area contributed by atoms with E-state index >= 15 is 0 Å². The van der Waals surface area contributed by atoms with Gasteiger partial charge in [0, 0.05) is 5.02 Å². The van der Waals surface area contributed by atoms with Crippen LogP contribution in [0, 0.1) is 0 Å². The van der Waals surface area contributed by atoms with Gasteiger partial charge < -0.3 is 14.4 Å². The summed E-state index contributed by atoms with van der Waals surface area (Å²) in [4.78, 5) is 18.9. The third kappa shape index (κ3) is 3.15. The highest BCUT2D eigenvalue weighted by Gasteiger charge is 2.32. The van der Waals surface area contributed by atoms with Gasteiger partial charge in [-0.15, -0.1) is 0 Å². The Kier molecular flexibility index (Phi) is 4.23. The van der Waals surface area contributed by atoms with Crippen molar-refractivity contribution in [1.82, 2.24) is 4.98 Å². The highest BCUT2D eigenvalue weighted by Crippen LogP contribution is 2.36. The molecule has 0 atom stereocenters. The molecule has 5 nitrogen and oxygen atoms in total. The van der Waals surface area contributed by atoms with Gasteiger partial charge in [-0.1, -0.05) is 35.1 Å². The van der Waals surface area contributed by atoms with E-state index in [0.29, 0.717) is 23.7 Å². The fourth-order valence-electron chi connectivity index (χ4n) is 2.72. The number of para-hydroxylation sites is 1. The largest absolute Gasteiger partial charge is 0.494 e. The molecule has 0 unspecified atom stereocenters. The van der Waals surface area contributed by atoms with Crippen molar-refractivity contribution in [2.45, 2.75) is 6.10 Å². The molecule has 1 aliphatic rings. The summed E-state index contributed by atoms with van der Waals surface area (Å²) in [6.45, 7) is 1.27. The first kappa shape index (κ1) is 16.2. The van der Waals surface area contributed by atoms with Crippen LogP contribution in [0.15, 0.2) is 42.5 Å². The van der Waals surface area contributed by atoms with Crippen molar-refractivity contribution in [2.75, 3.05) is 25.1 Å². The molecule has 1 fully saturated rings. The molecule has 0 N–H and O–H groups in total. The first-order chi connectivity index (χ1) is 12.1. The maximum absolute atomic E-state index is 12.1. The molecule has 2 aromatic carbocycles. The van der Waals surface area contributed by atoms with Crippen molar-refractivity contribution in [3.63, 3.8) is 0 Å². The lowest BCUT2D eigenvalue weighted by Gasteiger charge is -2.38. The van der Waals surface area contributed by atoms with E-state index in [-0.39, 0.29) is 12.1 Å². The zero-order valence-electron chi connectivity index (χ0n) is 13.4. The van der Waals surface area contributed by atoms with Gasteiger partial charge in [-0.2, -0.15) is 0 Å². The van der Waals surface area contributed by atoms with E-state index in [1.165, 1.54) is 0 Å². The van der Waals surface area contributed by atoms with Crippen LogP contribution in [0.25, 0.3) is 10.2 Å². The van der Waals surface area contributed by atoms with Crippen molar-refractivity contribution in [1.29, 1.82) is 0 Å². The monoisotopic (exact) mass is 374 g/mol. The minimum atomic E-state index is -0.349. The highest BCUT2D eigenvalue weighted by atomic mass is 35.5. The van der Waals surface area contributed by atoms with Gasteiger partial charge in [-0.05, 0) is 30.3 Å². The summed E-state index contributed by atoms with van der Waals surface area (Å²) in [6, 6.07) is 12.7. The second-order valence-corrected chi connectivity index (χ2v) is 7.19. The van der Waals surface area contributed by atoms with E-state index in [9.17, 15) is 4.79 Å². The van der Waals surface area contributed by atoms with Crippen LogP contribution in [-0.2, 0) is 4.74 Å². The second kappa shape index (κ2) is 6.54. The smallest absolute Gasteiger partial charge is 0.338 e. The number of halogens is 1. The number of rotatable bonds is 4. The molecule has 0 radical (unpaired) electrons. The summed E-state index contributed by atoms with van der Waals surface area (Å²) >= 11 is 7.51. The van der Waals surface area contributed by atoms with E-state index in [1.54, 1.807) is 42.7 Å². The molecule has 0 bridgehead atoms. The summed E-state index contributed by atoms with van der Waals surface area (Å²) in [7, 11) is 1.64. The molecule has 1 aliphatic heterocycles. The molecular formula is C18H15ClN2O3S. The average molecular weight is 375 g/mol. The van der Waals surface area contributed by atoms with E-state index in [1.807, 2.05) is 18.2 Å². The lowest BCUT2D eigenvalue weighted by Crippen LogP contribution is -2.53.